The first kappa shape index (κ1) is 7.39. The Kier molecular flexibility index (Phi) is 1.45. The molecule has 1 aromatic rings. The second-order valence-electron chi connectivity index (χ2n) is 2.00. The predicted molar refractivity (Wildman–Crippen MR) is 34.7 cm³/mol. The summed E-state index contributed by atoms with van der Waals surface area (Å²) >= 11 is 0. The largest absolute Gasteiger partial charge is 0.501 e. The van der Waals surface area contributed by atoms with Crippen molar-refractivity contribution in [1.29, 1.82) is 0 Å². The number of carboxylic acid groups (broad SMARTS) is 1. The molecule has 0 saturated heterocycles. The molecular weight excluding hydrogens is 152 g/mol. The summed E-state index contributed by atoms with van der Waals surface area (Å²) in [5.41, 5.74) is -1.24. The zero-order chi connectivity index (χ0) is 8.59. The third-order valence-corrected chi connectivity index (χ3v) is 1.24. The summed E-state index contributed by atoms with van der Waals surface area (Å²) in [6.45, 7) is 0. The molecule has 0 bridgehead atoms. The van der Waals surface area contributed by atoms with Gasteiger partial charge in [0.1, 0.15) is 0 Å². The Morgan fingerprint density at radius 3 is 2.36 bits per heavy atom. The van der Waals surface area contributed by atoms with E-state index in [9.17, 15) is 9.59 Å². The number of aromatic nitrogens is 2. The molecular formula is C5H6N2O4. The molecule has 0 aliphatic heterocycles. The van der Waals surface area contributed by atoms with Crippen LogP contribution in [0.2, 0.25) is 0 Å². The second kappa shape index (κ2) is 2.15. The van der Waals surface area contributed by atoms with Gasteiger partial charge in [0.15, 0.2) is 5.69 Å². The van der Waals surface area contributed by atoms with Crippen LogP contribution in [0.1, 0.15) is 10.5 Å². The number of hydrogen-bond acceptors (Lipinski definition) is 3. The van der Waals surface area contributed by atoms with Gasteiger partial charge in [-0.25, -0.2) is 4.79 Å². The Balaban J connectivity index is 3.42. The van der Waals surface area contributed by atoms with Crippen molar-refractivity contribution in [3.05, 3.63) is 16.0 Å². The van der Waals surface area contributed by atoms with E-state index in [1.165, 1.54) is 7.05 Å². The van der Waals surface area contributed by atoms with E-state index < -0.39 is 23.0 Å². The summed E-state index contributed by atoms with van der Waals surface area (Å²) in [5.74, 6) is -2.12. The molecule has 6 heteroatoms. The van der Waals surface area contributed by atoms with Gasteiger partial charge in [-0.1, -0.05) is 0 Å². The lowest BCUT2D eigenvalue weighted by Crippen LogP contribution is -2.10. The van der Waals surface area contributed by atoms with Crippen molar-refractivity contribution in [3.63, 3.8) is 0 Å². The molecule has 0 spiro atoms. The first-order valence-electron chi connectivity index (χ1n) is 2.75. The molecule has 1 heterocycles. The van der Waals surface area contributed by atoms with E-state index in [0.29, 0.717) is 0 Å². The Labute approximate surface area is 60.7 Å². The van der Waals surface area contributed by atoms with Gasteiger partial charge in [0.05, 0.1) is 0 Å². The minimum absolute atomic E-state index is 0.488. The average Bonchev–Trinajstić information content (AvgIpc) is 2.17. The molecule has 0 aromatic carbocycles. The lowest BCUT2D eigenvalue weighted by atomic mass is 10.4. The van der Waals surface area contributed by atoms with Crippen LogP contribution in [0.15, 0.2) is 4.79 Å². The normalized spacial score (nSPS) is 9.91. The molecule has 0 unspecified atom stereocenters. The summed E-state index contributed by atoms with van der Waals surface area (Å²) in [5, 5.41) is 19.4. The predicted octanol–water partition coefficient (Wildman–Crippen LogP) is -0.883. The number of rotatable bonds is 1. The Bertz CT molecular complexity index is 348. The van der Waals surface area contributed by atoms with E-state index in [-0.39, 0.29) is 0 Å². The van der Waals surface area contributed by atoms with Gasteiger partial charge in [-0.15, -0.1) is 0 Å². The van der Waals surface area contributed by atoms with Crippen molar-refractivity contribution >= 4 is 5.97 Å². The van der Waals surface area contributed by atoms with Gasteiger partial charge in [-0.2, -0.15) is 0 Å². The van der Waals surface area contributed by atoms with Gasteiger partial charge >= 0.3 is 11.5 Å². The number of aromatic amines is 1. The smallest absolute Gasteiger partial charge is 0.357 e. The number of carbonyl (C=O) groups is 1. The minimum atomic E-state index is -1.36. The van der Waals surface area contributed by atoms with Gasteiger partial charge < -0.3 is 10.2 Å². The van der Waals surface area contributed by atoms with Crippen molar-refractivity contribution in [2.45, 2.75) is 0 Å². The number of nitrogens with zero attached hydrogens (tertiary/aromatic N) is 1. The molecule has 3 N–H and O–H groups in total. The maximum atomic E-state index is 10.7. The van der Waals surface area contributed by atoms with Crippen molar-refractivity contribution < 1.29 is 15.0 Å². The van der Waals surface area contributed by atoms with Crippen molar-refractivity contribution in [2.24, 2.45) is 7.05 Å². The van der Waals surface area contributed by atoms with E-state index in [0.717, 1.165) is 4.68 Å². The first-order valence-corrected chi connectivity index (χ1v) is 2.75. The molecule has 0 amide bonds. The van der Waals surface area contributed by atoms with Crippen LogP contribution in [0.5, 0.6) is 5.75 Å². The minimum Gasteiger partial charge on any atom is -0.501 e. The Morgan fingerprint density at radius 2 is 2.18 bits per heavy atom. The molecule has 60 valence electrons. The monoisotopic (exact) mass is 158 g/mol. The molecule has 0 radical (unpaired) electrons. The topological polar surface area (TPSA) is 95.3 Å². The van der Waals surface area contributed by atoms with Crippen LogP contribution < -0.4 is 5.56 Å². The lowest BCUT2D eigenvalue weighted by molar-refractivity contribution is 0.0686. The van der Waals surface area contributed by atoms with Crippen molar-refractivity contribution in [1.82, 2.24) is 9.78 Å². The maximum absolute atomic E-state index is 10.7. The second-order valence-corrected chi connectivity index (χ2v) is 2.00. The van der Waals surface area contributed by atoms with Crippen LogP contribution in [0.3, 0.4) is 0 Å². The number of nitrogens with one attached hydrogen (secondary N) is 1. The van der Waals surface area contributed by atoms with Crippen molar-refractivity contribution in [2.75, 3.05) is 0 Å². The van der Waals surface area contributed by atoms with Crippen LogP contribution in [0.25, 0.3) is 0 Å². The maximum Gasteiger partial charge on any atom is 0.357 e. The summed E-state index contributed by atoms with van der Waals surface area (Å²) < 4.78 is 0.888. The number of aromatic hydroxyl groups is 1. The molecule has 0 fully saturated rings. The van der Waals surface area contributed by atoms with Crippen LogP contribution in [0.4, 0.5) is 0 Å². The summed E-state index contributed by atoms with van der Waals surface area (Å²) in [7, 11) is 1.31. The molecule has 0 aliphatic carbocycles. The first-order chi connectivity index (χ1) is 5.04. The van der Waals surface area contributed by atoms with Crippen molar-refractivity contribution in [3.8, 4) is 5.75 Å². The number of carboxylic acids is 1. The van der Waals surface area contributed by atoms with Gasteiger partial charge in [0.2, 0.25) is 5.75 Å². The van der Waals surface area contributed by atoms with E-state index >= 15 is 0 Å². The lowest BCUT2D eigenvalue weighted by Gasteiger charge is -1.86. The van der Waals surface area contributed by atoms with Gasteiger partial charge in [-0.3, -0.25) is 14.6 Å². The highest BCUT2D eigenvalue weighted by atomic mass is 16.4. The van der Waals surface area contributed by atoms with E-state index in [2.05, 4.69) is 5.10 Å². The highest BCUT2D eigenvalue weighted by Gasteiger charge is 2.16. The third kappa shape index (κ3) is 0.977. The Hall–Kier alpha value is -1.72. The number of hydrogen-bond donors (Lipinski definition) is 3. The fourth-order valence-electron chi connectivity index (χ4n) is 0.686. The highest BCUT2D eigenvalue weighted by Crippen LogP contribution is 2.06. The zero-order valence-corrected chi connectivity index (χ0v) is 5.66. The highest BCUT2D eigenvalue weighted by molar-refractivity contribution is 5.88. The van der Waals surface area contributed by atoms with Crippen LogP contribution in [0, 0.1) is 0 Å². The molecule has 1 aromatic heterocycles. The molecule has 6 nitrogen and oxygen atoms in total. The van der Waals surface area contributed by atoms with Gasteiger partial charge in [0.25, 0.3) is 0 Å². The summed E-state index contributed by atoms with van der Waals surface area (Å²) in [4.78, 5) is 21.0. The van der Waals surface area contributed by atoms with Crippen LogP contribution in [-0.4, -0.2) is 26.0 Å². The van der Waals surface area contributed by atoms with Crippen LogP contribution >= 0.6 is 0 Å². The molecule has 0 saturated carbocycles. The SMILES string of the molecule is Cn1[nH]c(C(=O)O)c(O)c1=O. The number of aromatic carboxylic acids is 1. The quantitative estimate of drug-likeness (QED) is 0.494. The molecule has 0 atom stereocenters. The van der Waals surface area contributed by atoms with E-state index in [4.69, 9.17) is 10.2 Å². The number of aryl methyl sites for hydroxylation is 1. The molecule has 1 rings (SSSR count). The third-order valence-electron chi connectivity index (χ3n) is 1.24. The Morgan fingerprint density at radius 1 is 1.64 bits per heavy atom. The standard InChI is InChI=1S/C5H6N2O4/c1-7-4(9)3(8)2(6-7)5(10)11/h6,8H,1H3,(H,10,11). The fraction of sp³-hybridized carbons (Fsp3) is 0.200. The molecule has 0 aliphatic rings. The zero-order valence-electron chi connectivity index (χ0n) is 5.66. The summed E-state index contributed by atoms with van der Waals surface area (Å²) in [6.07, 6.45) is 0. The molecule has 11 heavy (non-hydrogen) atoms. The fourth-order valence-corrected chi connectivity index (χ4v) is 0.686. The average molecular weight is 158 g/mol. The van der Waals surface area contributed by atoms with Gasteiger partial charge in [-0.05, 0) is 0 Å². The number of H-pyrrole nitrogens is 1. The van der Waals surface area contributed by atoms with E-state index in [1.807, 2.05) is 0 Å². The van der Waals surface area contributed by atoms with E-state index in [1.54, 1.807) is 0 Å². The van der Waals surface area contributed by atoms with Gasteiger partial charge in [0, 0.05) is 7.05 Å². The van der Waals surface area contributed by atoms with Crippen LogP contribution in [-0.2, 0) is 7.05 Å². The summed E-state index contributed by atoms with van der Waals surface area (Å²) in [6, 6.07) is 0.